The van der Waals surface area contributed by atoms with Gasteiger partial charge in [-0.1, -0.05) is 25.5 Å². The fourth-order valence-corrected chi connectivity index (χ4v) is 2.60. The zero-order valence-corrected chi connectivity index (χ0v) is 12.5. The molecule has 0 aromatic heterocycles. The minimum atomic E-state index is -4.23. The molecule has 0 bridgehead atoms. The van der Waals surface area contributed by atoms with Crippen molar-refractivity contribution in [2.24, 2.45) is 5.73 Å². The summed E-state index contributed by atoms with van der Waals surface area (Å²) in [4.78, 5) is 14.1. The normalized spacial score (nSPS) is 10.8. The van der Waals surface area contributed by atoms with E-state index in [0.717, 1.165) is 12.0 Å². The first kappa shape index (κ1) is 17.0. The molecule has 0 radical (unpaired) electrons. The number of carbonyl (C=O) groups excluding carboxylic acids is 1. The average Bonchev–Trinajstić information content (AvgIpc) is 2.48. The zero-order chi connectivity index (χ0) is 15.9. The van der Waals surface area contributed by atoms with Gasteiger partial charge in [0.05, 0.1) is 11.5 Å². The number of nitrogens with two attached hydrogens (primary N) is 1. The maximum absolute atomic E-state index is 12.2. The van der Waals surface area contributed by atoms with Crippen molar-refractivity contribution in [2.75, 3.05) is 6.61 Å². The van der Waals surface area contributed by atoms with Crippen LogP contribution in [0.5, 0.6) is 0 Å². The Labute approximate surface area is 123 Å². The van der Waals surface area contributed by atoms with Gasteiger partial charge in [-0.2, -0.15) is 0 Å². The van der Waals surface area contributed by atoms with Gasteiger partial charge >= 0.3 is 11.0 Å². The van der Waals surface area contributed by atoms with E-state index in [1.807, 2.05) is 6.92 Å². The quantitative estimate of drug-likeness (QED) is 0.216. The third kappa shape index (κ3) is 4.22. The van der Waals surface area contributed by atoms with E-state index in [9.17, 15) is 13.2 Å². The number of ether oxygens (including phenoxy) is 1. The SMILES string of the molecule is CCCCOC(=O)C(=[N+]=[N-])S(=O)(=O)c1ccc(CN)cc1. The Balaban J connectivity index is 3.02. The number of sulfone groups is 1. The molecule has 8 heteroatoms. The molecular weight excluding hydrogens is 294 g/mol. The largest absolute Gasteiger partial charge is 0.493 e. The van der Waals surface area contributed by atoms with Gasteiger partial charge in [-0.05, 0) is 24.1 Å². The van der Waals surface area contributed by atoms with E-state index in [-0.39, 0.29) is 18.0 Å². The van der Waals surface area contributed by atoms with Crippen LogP contribution in [-0.2, 0) is 25.9 Å². The third-order valence-electron chi connectivity index (χ3n) is 2.72. The van der Waals surface area contributed by atoms with Gasteiger partial charge in [0.2, 0.25) is 0 Å². The van der Waals surface area contributed by atoms with Gasteiger partial charge in [0.1, 0.15) is 0 Å². The molecule has 1 aromatic rings. The predicted molar refractivity (Wildman–Crippen MR) is 76.0 cm³/mol. The lowest BCUT2D eigenvalue weighted by atomic mass is 10.2. The van der Waals surface area contributed by atoms with Crippen molar-refractivity contribution in [1.29, 1.82) is 0 Å². The maximum Gasteiger partial charge on any atom is 0.493 e. The summed E-state index contributed by atoms with van der Waals surface area (Å²) >= 11 is 0. The molecule has 0 spiro atoms. The summed E-state index contributed by atoms with van der Waals surface area (Å²) in [6.45, 7) is 2.22. The van der Waals surface area contributed by atoms with Gasteiger partial charge in [0.15, 0.2) is 0 Å². The minimum absolute atomic E-state index is 0.0655. The van der Waals surface area contributed by atoms with Crippen molar-refractivity contribution in [2.45, 2.75) is 31.2 Å². The van der Waals surface area contributed by atoms with Crippen molar-refractivity contribution >= 4 is 20.9 Å². The molecule has 0 aliphatic rings. The molecule has 114 valence electrons. The van der Waals surface area contributed by atoms with Crippen LogP contribution in [0.4, 0.5) is 0 Å². The van der Waals surface area contributed by atoms with Crippen LogP contribution in [0, 0.1) is 0 Å². The Morgan fingerprint density at radius 3 is 2.43 bits per heavy atom. The van der Waals surface area contributed by atoms with Crippen LogP contribution < -0.4 is 5.73 Å². The Morgan fingerprint density at radius 2 is 1.95 bits per heavy atom. The molecule has 2 N–H and O–H groups in total. The summed E-state index contributed by atoms with van der Waals surface area (Å²) < 4.78 is 29.2. The molecule has 0 unspecified atom stereocenters. The lowest BCUT2D eigenvalue weighted by molar-refractivity contribution is -0.139. The molecule has 0 atom stereocenters. The fourth-order valence-electron chi connectivity index (χ4n) is 1.49. The van der Waals surface area contributed by atoms with Gasteiger partial charge < -0.3 is 16.0 Å². The standard InChI is InChI=1S/C13H17N3O4S/c1-2-3-8-20-13(17)12(16-15)21(18,19)11-6-4-10(9-14)5-7-11/h4-7H,2-3,8-9,14H2,1H3. The number of nitrogens with zero attached hydrogens (tertiary/aromatic N) is 2. The van der Waals surface area contributed by atoms with Crippen LogP contribution in [-0.4, -0.2) is 30.8 Å². The van der Waals surface area contributed by atoms with E-state index in [4.69, 9.17) is 16.0 Å². The summed E-state index contributed by atoms with van der Waals surface area (Å²) in [7, 11) is -4.23. The van der Waals surface area contributed by atoms with Crippen LogP contribution in [0.1, 0.15) is 25.3 Å². The first-order chi connectivity index (χ1) is 9.97. The third-order valence-corrected chi connectivity index (χ3v) is 4.37. The monoisotopic (exact) mass is 311 g/mol. The average molecular weight is 311 g/mol. The zero-order valence-electron chi connectivity index (χ0n) is 11.7. The topological polar surface area (TPSA) is 123 Å². The molecule has 0 aliphatic carbocycles. The highest BCUT2D eigenvalue weighted by Gasteiger charge is 2.39. The summed E-state index contributed by atoms with van der Waals surface area (Å²) in [5.74, 6) is -1.17. The van der Waals surface area contributed by atoms with Gasteiger partial charge in [-0.15, -0.1) is 4.79 Å². The Morgan fingerprint density at radius 1 is 1.33 bits per heavy atom. The van der Waals surface area contributed by atoms with E-state index in [0.29, 0.717) is 6.42 Å². The first-order valence-corrected chi connectivity index (χ1v) is 7.89. The lowest BCUT2D eigenvalue weighted by Gasteiger charge is -2.03. The summed E-state index contributed by atoms with van der Waals surface area (Å²) in [6.07, 6.45) is 1.38. The van der Waals surface area contributed by atoms with E-state index < -0.39 is 20.9 Å². The van der Waals surface area contributed by atoms with Gasteiger partial charge in [0.25, 0.3) is 9.84 Å². The van der Waals surface area contributed by atoms with E-state index in [1.54, 1.807) is 0 Å². The Bertz CT molecular complexity index is 646. The summed E-state index contributed by atoms with van der Waals surface area (Å²) in [5.41, 5.74) is 15.0. The molecule has 0 saturated heterocycles. The number of esters is 1. The molecule has 21 heavy (non-hydrogen) atoms. The van der Waals surface area contributed by atoms with Crippen molar-refractivity contribution < 1.29 is 22.7 Å². The second kappa shape index (κ2) is 7.68. The second-order valence-electron chi connectivity index (χ2n) is 4.25. The summed E-state index contributed by atoms with van der Waals surface area (Å²) in [5, 5.41) is -1.03. The number of unbranched alkanes of at least 4 members (excludes halogenated alkanes) is 1. The van der Waals surface area contributed by atoms with Crippen molar-refractivity contribution in [3.05, 3.63) is 35.4 Å². The Hall–Kier alpha value is -2.02. The van der Waals surface area contributed by atoms with Crippen LogP contribution in [0.15, 0.2) is 29.2 Å². The minimum Gasteiger partial charge on any atom is -0.456 e. The Kier molecular flexibility index (Phi) is 6.23. The van der Waals surface area contributed by atoms with Crippen molar-refractivity contribution in [3.8, 4) is 0 Å². The molecule has 7 nitrogen and oxygen atoms in total. The number of hydrogen-bond donors (Lipinski definition) is 1. The number of rotatable bonds is 5. The van der Waals surface area contributed by atoms with Crippen LogP contribution in [0.2, 0.25) is 0 Å². The molecule has 1 aromatic carbocycles. The highest BCUT2D eigenvalue weighted by atomic mass is 32.2. The van der Waals surface area contributed by atoms with Gasteiger partial charge in [-0.25, -0.2) is 13.2 Å². The highest BCUT2D eigenvalue weighted by molar-refractivity contribution is 8.08. The van der Waals surface area contributed by atoms with Crippen molar-refractivity contribution in [3.63, 3.8) is 0 Å². The maximum atomic E-state index is 12.2. The molecular formula is C13H17N3O4S. The van der Waals surface area contributed by atoms with Crippen LogP contribution in [0.3, 0.4) is 0 Å². The van der Waals surface area contributed by atoms with E-state index in [1.165, 1.54) is 24.3 Å². The highest BCUT2D eigenvalue weighted by Crippen LogP contribution is 2.14. The molecule has 0 saturated carbocycles. The first-order valence-electron chi connectivity index (χ1n) is 6.40. The van der Waals surface area contributed by atoms with Crippen molar-refractivity contribution in [1.82, 2.24) is 0 Å². The number of benzene rings is 1. The predicted octanol–water partition coefficient (Wildman–Crippen LogP) is 0.891. The molecule has 1 rings (SSSR count). The lowest BCUT2D eigenvalue weighted by Crippen LogP contribution is -2.28. The summed E-state index contributed by atoms with van der Waals surface area (Å²) in [6, 6.07) is 5.62. The van der Waals surface area contributed by atoms with Gasteiger partial charge in [0, 0.05) is 6.54 Å². The van der Waals surface area contributed by atoms with E-state index >= 15 is 0 Å². The van der Waals surface area contributed by atoms with E-state index in [2.05, 4.69) is 4.79 Å². The molecule has 0 aliphatic heterocycles. The number of hydrogen-bond acceptors (Lipinski definition) is 5. The number of carbonyl (C=O) groups is 1. The molecule has 0 heterocycles. The smallest absolute Gasteiger partial charge is 0.456 e. The molecule has 0 fully saturated rings. The van der Waals surface area contributed by atoms with Crippen LogP contribution >= 0.6 is 0 Å². The fraction of sp³-hybridized carbons (Fsp3) is 0.385. The van der Waals surface area contributed by atoms with Gasteiger partial charge in [-0.3, -0.25) is 0 Å². The second-order valence-corrected chi connectivity index (χ2v) is 6.11. The van der Waals surface area contributed by atoms with Crippen LogP contribution in [0.25, 0.3) is 5.53 Å². The molecule has 0 amide bonds.